The minimum absolute atomic E-state index is 0.294. The first-order valence-electron chi connectivity index (χ1n) is 8.95. The van der Waals surface area contributed by atoms with E-state index in [0.29, 0.717) is 30.3 Å². The van der Waals surface area contributed by atoms with Gasteiger partial charge in [-0.25, -0.2) is 4.39 Å². The molecule has 0 radical (unpaired) electrons. The molecule has 2 aliphatic rings. The van der Waals surface area contributed by atoms with E-state index in [2.05, 4.69) is 6.08 Å². The van der Waals surface area contributed by atoms with Gasteiger partial charge in [0.1, 0.15) is 12.4 Å². The van der Waals surface area contributed by atoms with Gasteiger partial charge in [0.05, 0.1) is 6.61 Å². The summed E-state index contributed by atoms with van der Waals surface area (Å²) in [5, 5.41) is 0. The fourth-order valence-corrected chi connectivity index (χ4v) is 2.92. The first-order valence-corrected chi connectivity index (χ1v) is 8.95. The lowest BCUT2D eigenvalue weighted by atomic mass is 9.82. The molecule has 2 aliphatic carbocycles. The highest BCUT2D eigenvalue weighted by Crippen LogP contribution is 2.32. The Hall–Kier alpha value is -1.51. The molecule has 2 saturated carbocycles. The highest BCUT2D eigenvalue weighted by atomic mass is 19.1. The first-order chi connectivity index (χ1) is 11.2. The van der Waals surface area contributed by atoms with Crippen LogP contribution in [0, 0.1) is 24.6 Å². The molecule has 0 saturated heterocycles. The minimum Gasteiger partial charge on any atom is -0.491 e. The van der Waals surface area contributed by atoms with Crippen molar-refractivity contribution in [1.82, 2.24) is 0 Å². The third kappa shape index (κ3) is 4.73. The van der Waals surface area contributed by atoms with E-state index in [4.69, 9.17) is 9.47 Å². The van der Waals surface area contributed by atoms with E-state index in [1.165, 1.54) is 38.5 Å². The Morgan fingerprint density at radius 2 is 1.91 bits per heavy atom. The normalized spacial score (nSPS) is 18.2. The van der Waals surface area contributed by atoms with E-state index in [9.17, 15) is 4.39 Å². The van der Waals surface area contributed by atoms with Gasteiger partial charge in [-0.15, -0.1) is 0 Å². The van der Waals surface area contributed by atoms with E-state index in [1.807, 2.05) is 12.1 Å². The SMILES string of the molecule is Cc1c(OC/C=C/C2CC2)ccc(OCCCC2CCC2)c1F. The van der Waals surface area contributed by atoms with Gasteiger partial charge in [-0.1, -0.05) is 31.4 Å². The lowest BCUT2D eigenvalue weighted by molar-refractivity contribution is 0.241. The summed E-state index contributed by atoms with van der Waals surface area (Å²) in [7, 11) is 0. The molecule has 3 heteroatoms. The highest BCUT2D eigenvalue weighted by molar-refractivity contribution is 5.41. The Labute approximate surface area is 138 Å². The maximum atomic E-state index is 14.3. The smallest absolute Gasteiger partial charge is 0.171 e. The molecule has 0 N–H and O–H groups in total. The van der Waals surface area contributed by atoms with Gasteiger partial charge in [0.2, 0.25) is 0 Å². The second kappa shape index (κ2) is 7.85. The fourth-order valence-electron chi connectivity index (χ4n) is 2.92. The molecule has 2 nitrogen and oxygen atoms in total. The molecule has 23 heavy (non-hydrogen) atoms. The van der Waals surface area contributed by atoms with Gasteiger partial charge in [0.25, 0.3) is 0 Å². The third-order valence-electron chi connectivity index (χ3n) is 4.91. The second-order valence-electron chi connectivity index (χ2n) is 6.87. The van der Waals surface area contributed by atoms with E-state index < -0.39 is 0 Å². The monoisotopic (exact) mass is 318 g/mol. The third-order valence-corrected chi connectivity index (χ3v) is 4.91. The lowest BCUT2D eigenvalue weighted by Gasteiger charge is -2.25. The van der Waals surface area contributed by atoms with E-state index in [0.717, 1.165) is 18.3 Å². The number of rotatable bonds is 9. The second-order valence-corrected chi connectivity index (χ2v) is 6.87. The van der Waals surface area contributed by atoms with Crippen molar-refractivity contribution in [3.63, 3.8) is 0 Å². The van der Waals surface area contributed by atoms with Gasteiger partial charge in [-0.05, 0) is 56.6 Å². The van der Waals surface area contributed by atoms with Gasteiger partial charge in [0.15, 0.2) is 11.6 Å². The van der Waals surface area contributed by atoms with Crippen LogP contribution in [0.3, 0.4) is 0 Å². The molecule has 0 amide bonds. The van der Waals surface area contributed by atoms with Crippen LogP contribution >= 0.6 is 0 Å². The van der Waals surface area contributed by atoms with Gasteiger partial charge in [0, 0.05) is 5.56 Å². The van der Waals surface area contributed by atoms with E-state index in [1.54, 1.807) is 13.0 Å². The maximum Gasteiger partial charge on any atom is 0.171 e. The van der Waals surface area contributed by atoms with Crippen LogP contribution in [0.4, 0.5) is 4.39 Å². The Morgan fingerprint density at radius 3 is 2.61 bits per heavy atom. The van der Waals surface area contributed by atoms with Gasteiger partial charge in [-0.2, -0.15) is 0 Å². The lowest BCUT2D eigenvalue weighted by Crippen LogP contribution is -2.12. The Bertz CT molecular complexity index is 545. The predicted octanol–water partition coefficient (Wildman–Crippen LogP) is 5.44. The maximum absolute atomic E-state index is 14.3. The molecule has 3 rings (SSSR count). The summed E-state index contributed by atoms with van der Waals surface area (Å²) >= 11 is 0. The van der Waals surface area contributed by atoms with Crippen LogP contribution in [0.5, 0.6) is 11.5 Å². The average molecular weight is 318 g/mol. The molecule has 0 spiro atoms. The van der Waals surface area contributed by atoms with Crippen LogP contribution in [0.25, 0.3) is 0 Å². The molecule has 0 aliphatic heterocycles. The van der Waals surface area contributed by atoms with Crippen molar-refractivity contribution >= 4 is 0 Å². The van der Waals surface area contributed by atoms with Crippen LogP contribution < -0.4 is 9.47 Å². The zero-order chi connectivity index (χ0) is 16.1. The van der Waals surface area contributed by atoms with Crippen LogP contribution in [-0.2, 0) is 0 Å². The summed E-state index contributed by atoms with van der Waals surface area (Å²) in [6, 6.07) is 3.50. The number of hydrogen-bond donors (Lipinski definition) is 0. The van der Waals surface area contributed by atoms with Crippen molar-refractivity contribution in [2.75, 3.05) is 13.2 Å². The predicted molar refractivity (Wildman–Crippen MR) is 90.6 cm³/mol. The van der Waals surface area contributed by atoms with Crippen molar-refractivity contribution in [2.24, 2.45) is 11.8 Å². The molecule has 126 valence electrons. The van der Waals surface area contributed by atoms with Crippen molar-refractivity contribution in [2.45, 2.75) is 51.9 Å². The average Bonchev–Trinajstić information content (AvgIpc) is 3.31. The van der Waals surface area contributed by atoms with E-state index in [-0.39, 0.29) is 5.82 Å². The van der Waals surface area contributed by atoms with Crippen LogP contribution in [0.1, 0.15) is 50.5 Å². The quantitative estimate of drug-likeness (QED) is 0.446. The topological polar surface area (TPSA) is 18.5 Å². The Balaban J connectivity index is 1.45. The highest BCUT2D eigenvalue weighted by Gasteiger charge is 2.18. The van der Waals surface area contributed by atoms with Crippen molar-refractivity contribution < 1.29 is 13.9 Å². The summed E-state index contributed by atoms with van der Waals surface area (Å²) < 4.78 is 25.6. The molecule has 0 atom stereocenters. The summed E-state index contributed by atoms with van der Waals surface area (Å²) in [5.74, 6) is 2.27. The standard InChI is InChI=1S/C20H27FO2/c1-15-18(22-13-4-8-17-9-10-17)11-12-19(20(15)21)23-14-3-7-16-5-2-6-16/h4,8,11-12,16-17H,2-3,5-7,9-10,13-14H2,1H3/b8-4+. The largest absolute Gasteiger partial charge is 0.491 e. The number of ether oxygens (including phenoxy) is 2. The Kier molecular flexibility index (Phi) is 5.58. The number of hydrogen-bond acceptors (Lipinski definition) is 2. The van der Waals surface area contributed by atoms with Crippen LogP contribution in [-0.4, -0.2) is 13.2 Å². The van der Waals surface area contributed by atoms with Gasteiger partial charge >= 0.3 is 0 Å². The first kappa shape index (κ1) is 16.4. The molecule has 1 aromatic carbocycles. The van der Waals surface area contributed by atoms with Crippen LogP contribution in [0.2, 0.25) is 0 Å². The minimum atomic E-state index is -0.294. The Morgan fingerprint density at radius 1 is 1.13 bits per heavy atom. The van der Waals surface area contributed by atoms with Crippen molar-refractivity contribution in [3.8, 4) is 11.5 Å². The van der Waals surface area contributed by atoms with Gasteiger partial charge in [-0.3, -0.25) is 0 Å². The summed E-state index contributed by atoms with van der Waals surface area (Å²) in [5.41, 5.74) is 0.529. The van der Waals surface area contributed by atoms with Gasteiger partial charge < -0.3 is 9.47 Å². The van der Waals surface area contributed by atoms with Crippen LogP contribution in [0.15, 0.2) is 24.3 Å². The molecule has 0 unspecified atom stereocenters. The zero-order valence-corrected chi connectivity index (χ0v) is 14.0. The molecular formula is C20H27FO2. The molecule has 1 aromatic rings. The molecular weight excluding hydrogens is 291 g/mol. The van der Waals surface area contributed by atoms with E-state index >= 15 is 0 Å². The van der Waals surface area contributed by atoms with Crippen molar-refractivity contribution in [3.05, 3.63) is 35.7 Å². The van der Waals surface area contributed by atoms with Crippen molar-refractivity contribution in [1.29, 1.82) is 0 Å². The fraction of sp³-hybridized carbons (Fsp3) is 0.600. The number of allylic oxidation sites excluding steroid dienone is 1. The number of halogens is 1. The summed E-state index contributed by atoms with van der Waals surface area (Å²) in [6.07, 6.45) is 13.1. The molecule has 0 aromatic heterocycles. The number of benzene rings is 1. The molecule has 0 heterocycles. The summed E-state index contributed by atoms with van der Waals surface area (Å²) in [4.78, 5) is 0. The molecule has 2 fully saturated rings. The molecule has 0 bridgehead atoms. The summed E-state index contributed by atoms with van der Waals surface area (Å²) in [6.45, 7) is 2.84. The zero-order valence-electron chi connectivity index (χ0n) is 14.0.